The van der Waals surface area contributed by atoms with Gasteiger partial charge in [0.1, 0.15) is 5.75 Å². The van der Waals surface area contributed by atoms with Crippen LogP contribution in [0.2, 0.25) is 0 Å². The van der Waals surface area contributed by atoms with Crippen LogP contribution >= 0.6 is 0 Å². The largest absolute Gasteiger partial charge is 0.496 e. The van der Waals surface area contributed by atoms with Crippen molar-refractivity contribution in [2.75, 3.05) is 7.11 Å². The number of methoxy groups -OCH3 is 1. The van der Waals surface area contributed by atoms with Crippen molar-refractivity contribution in [1.29, 1.82) is 0 Å². The number of benzene rings is 3. The summed E-state index contributed by atoms with van der Waals surface area (Å²) in [4.78, 5) is 28.3. The molecule has 0 atom stereocenters. The van der Waals surface area contributed by atoms with Crippen molar-refractivity contribution >= 4 is 0 Å². The molecule has 5 aromatic rings. The van der Waals surface area contributed by atoms with E-state index in [4.69, 9.17) is 4.74 Å². The molecule has 0 spiro atoms. The summed E-state index contributed by atoms with van der Waals surface area (Å²) < 4.78 is 12.7. The molecule has 7 nitrogen and oxygen atoms in total. The van der Waals surface area contributed by atoms with Gasteiger partial charge in [0.25, 0.3) is 11.1 Å². The van der Waals surface area contributed by atoms with Gasteiger partial charge in [-0.15, -0.1) is 0 Å². The van der Waals surface area contributed by atoms with E-state index in [9.17, 15) is 9.59 Å². The van der Waals surface area contributed by atoms with Gasteiger partial charge >= 0.3 is 0 Å². The molecule has 188 valence electrons. The summed E-state index contributed by atoms with van der Waals surface area (Å²) in [6, 6.07) is 26.7. The summed E-state index contributed by atoms with van der Waals surface area (Å²) in [7, 11) is 5.34. The zero-order chi connectivity index (χ0) is 26.3. The molecule has 3 aromatic carbocycles. The molecule has 0 radical (unpaired) electrons. The molecular formula is C30H30N4O3. The van der Waals surface area contributed by atoms with Crippen LogP contribution in [0.4, 0.5) is 0 Å². The lowest BCUT2D eigenvalue weighted by atomic mass is 9.84. The van der Waals surface area contributed by atoms with Gasteiger partial charge in [0.2, 0.25) is 0 Å². The number of rotatable bonds is 6. The average molecular weight is 495 g/mol. The molecule has 0 aliphatic heterocycles. The minimum Gasteiger partial charge on any atom is -0.496 e. The Bertz CT molecular complexity index is 1590. The lowest BCUT2D eigenvalue weighted by Crippen LogP contribution is -2.26. The van der Waals surface area contributed by atoms with E-state index in [0.717, 1.165) is 28.3 Å². The van der Waals surface area contributed by atoms with Crippen molar-refractivity contribution in [2.24, 2.45) is 14.1 Å². The van der Waals surface area contributed by atoms with Crippen molar-refractivity contribution in [1.82, 2.24) is 18.7 Å². The Labute approximate surface area is 215 Å². The van der Waals surface area contributed by atoms with E-state index in [1.807, 2.05) is 122 Å². The fourth-order valence-corrected chi connectivity index (χ4v) is 5.20. The second-order valence-corrected chi connectivity index (χ2v) is 9.13. The third kappa shape index (κ3) is 3.83. The van der Waals surface area contributed by atoms with E-state index in [1.54, 1.807) is 16.5 Å². The molecule has 0 fully saturated rings. The Balaban J connectivity index is 1.87. The molecule has 2 aromatic heterocycles. The topological polar surface area (TPSA) is 63.1 Å². The van der Waals surface area contributed by atoms with Gasteiger partial charge in [0.15, 0.2) is 0 Å². The van der Waals surface area contributed by atoms with Crippen LogP contribution in [0.1, 0.15) is 34.0 Å². The Kier molecular flexibility index (Phi) is 6.21. The molecule has 0 aliphatic rings. The van der Waals surface area contributed by atoms with Gasteiger partial charge < -0.3 is 4.74 Å². The van der Waals surface area contributed by atoms with Crippen molar-refractivity contribution in [3.05, 3.63) is 134 Å². The number of ether oxygens (including phenoxy) is 1. The van der Waals surface area contributed by atoms with Crippen LogP contribution in [-0.2, 0) is 14.1 Å². The Morgan fingerprint density at radius 3 is 1.46 bits per heavy atom. The summed E-state index contributed by atoms with van der Waals surface area (Å²) in [5, 5.41) is 0. The highest BCUT2D eigenvalue weighted by Crippen LogP contribution is 2.37. The minimum absolute atomic E-state index is 0.170. The van der Waals surface area contributed by atoms with Gasteiger partial charge in [0.05, 0.1) is 35.5 Å². The van der Waals surface area contributed by atoms with Gasteiger partial charge in [-0.1, -0.05) is 54.6 Å². The Morgan fingerprint density at radius 1 is 0.622 bits per heavy atom. The summed E-state index contributed by atoms with van der Waals surface area (Å²) in [5.74, 6) is -0.0150. The van der Waals surface area contributed by atoms with Crippen LogP contribution in [0.15, 0.2) is 94.5 Å². The molecule has 0 amide bonds. The van der Waals surface area contributed by atoms with Crippen LogP contribution in [0, 0.1) is 13.8 Å². The summed E-state index contributed by atoms with van der Waals surface area (Å²) in [6.07, 6.45) is 0. The number of nitrogens with zero attached hydrogens (tertiary/aromatic N) is 4. The van der Waals surface area contributed by atoms with Gasteiger partial charge in [-0.3, -0.25) is 19.0 Å². The van der Waals surface area contributed by atoms with E-state index in [0.29, 0.717) is 16.9 Å². The van der Waals surface area contributed by atoms with E-state index in [2.05, 4.69) is 0 Å². The van der Waals surface area contributed by atoms with E-state index in [1.165, 1.54) is 0 Å². The highest BCUT2D eigenvalue weighted by molar-refractivity contribution is 5.52. The van der Waals surface area contributed by atoms with E-state index < -0.39 is 5.92 Å². The van der Waals surface area contributed by atoms with Gasteiger partial charge in [0, 0.05) is 31.0 Å². The van der Waals surface area contributed by atoms with Crippen molar-refractivity contribution in [3.63, 3.8) is 0 Å². The van der Waals surface area contributed by atoms with E-state index in [-0.39, 0.29) is 11.1 Å². The SMILES string of the molecule is COc1ccccc1C(c1c(C)n(C)n(-c2ccccc2)c1=O)c1c(C)n(C)n(-c2ccccc2)c1=O. The molecule has 7 heteroatoms. The Hall–Kier alpha value is -4.52. The summed E-state index contributed by atoms with van der Waals surface area (Å²) in [6.45, 7) is 3.85. The molecule has 0 N–H and O–H groups in total. The van der Waals surface area contributed by atoms with Crippen LogP contribution in [0.5, 0.6) is 5.75 Å². The number of aromatic nitrogens is 4. The van der Waals surface area contributed by atoms with Crippen LogP contribution < -0.4 is 15.9 Å². The number of hydrogen-bond acceptors (Lipinski definition) is 3. The normalized spacial score (nSPS) is 11.3. The highest BCUT2D eigenvalue weighted by atomic mass is 16.5. The molecule has 0 bridgehead atoms. The first-order valence-electron chi connectivity index (χ1n) is 12.2. The van der Waals surface area contributed by atoms with Gasteiger partial charge in [-0.2, -0.15) is 0 Å². The van der Waals surface area contributed by atoms with E-state index >= 15 is 0 Å². The van der Waals surface area contributed by atoms with Crippen LogP contribution in [0.25, 0.3) is 11.4 Å². The van der Waals surface area contributed by atoms with Crippen LogP contribution in [-0.4, -0.2) is 25.8 Å². The van der Waals surface area contributed by atoms with Crippen LogP contribution in [0.3, 0.4) is 0 Å². The van der Waals surface area contributed by atoms with Crippen molar-refractivity contribution in [3.8, 4) is 17.1 Å². The predicted molar refractivity (Wildman–Crippen MR) is 145 cm³/mol. The van der Waals surface area contributed by atoms with Gasteiger partial charge in [-0.05, 0) is 44.2 Å². The summed E-state index contributed by atoms with van der Waals surface area (Å²) in [5.41, 5.74) is 4.58. The number of para-hydroxylation sites is 3. The maximum Gasteiger partial charge on any atom is 0.275 e. The van der Waals surface area contributed by atoms with Gasteiger partial charge in [-0.25, -0.2) is 9.36 Å². The molecule has 0 unspecified atom stereocenters. The fraction of sp³-hybridized carbons (Fsp3) is 0.200. The molecule has 0 saturated heterocycles. The first kappa shape index (κ1) is 24.2. The lowest BCUT2D eigenvalue weighted by Gasteiger charge is -2.19. The maximum absolute atomic E-state index is 14.2. The second-order valence-electron chi connectivity index (χ2n) is 9.13. The predicted octanol–water partition coefficient (Wildman–Crippen LogP) is 4.47. The second kappa shape index (κ2) is 9.50. The Morgan fingerprint density at radius 2 is 1.03 bits per heavy atom. The molecule has 0 aliphatic carbocycles. The molecule has 5 rings (SSSR count). The highest BCUT2D eigenvalue weighted by Gasteiger charge is 2.34. The van der Waals surface area contributed by atoms with Crippen molar-refractivity contribution in [2.45, 2.75) is 19.8 Å². The smallest absolute Gasteiger partial charge is 0.275 e. The molecule has 2 heterocycles. The lowest BCUT2D eigenvalue weighted by molar-refractivity contribution is 0.409. The summed E-state index contributed by atoms with van der Waals surface area (Å²) >= 11 is 0. The third-order valence-corrected chi connectivity index (χ3v) is 7.22. The first-order chi connectivity index (χ1) is 17.9. The average Bonchev–Trinajstić information content (AvgIpc) is 3.28. The first-order valence-corrected chi connectivity index (χ1v) is 12.2. The molecule has 37 heavy (non-hydrogen) atoms. The monoisotopic (exact) mass is 494 g/mol. The quantitative estimate of drug-likeness (QED) is 0.350. The third-order valence-electron chi connectivity index (χ3n) is 7.22. The zero-order valence-electron chi connectivity index (χ0n) is 21.7. The maximum atomic E-state index is 14.2. The zero-order valence-corrected chi connectivity index (χ0v) is 21.7. The standard InChI is InChI=1S/C30H30N4O3/c1-20-26(29(35)33(31(20)3)22-14-8-6-9-15-22)28(24-18-12-13-19-25(24)37-5)27-21(2)32(4)34(30(27)36)23-16-10-7-11-17-23/h6-19,28H,1-5H3. The fourth-order valence-electron chi connectivity index (χ4n) is 5.20. The molecular weight excluding hydrogens is 464 g/mol. The number of hydrogen-bond donors (Lipinski definition) is 0. The molecule has 0 saturated carbocycles. The minimum atomic E-state index is -0.636. The van der Waals surface area contributed by atoms with Crippen molar-refractivity contribution < 1.29 is 4.74 Å².